The average molecular weight is 414 g/mol. The first-order valence-electron chi connectivity index (χ1n) is 8.29. The summed E-state index contributed by atoms with van der Waals surface area (Å²) in [6, 6.07) is 11.1. The second-order valence-electron chi connectivity index (χ2n) is 6.07. The number of nitrogens with one attached hydrogen (secondary N) is 2. The molecular formula is C20H16ClN3OS2. The Kier molecular flexibility index (Phi) is 5.11. The third kappa shape index (κ3) is 3.98. The fraction of sp³-hybridized carbons (Fsp3) is 0.100. The van der Waals surface area contributed by atoms with Crippen molar-refractivity contribution in [1.82, 2.24) is 15.3 Å². The number of amides is 1. The van der Waals surface area contributed by atoms with Crippen LogP contribution in [0.4, 0.5) is 0 Å². The lowest BCUT2D eigenvalue weighted by molar-refractivity contribution is 0.0938. The van der Waals surface area contributed by atoms with E-state index in [4.69, 9.17) is 11.6 Å². The van der Waals surface area contributed by atoms with Crippen LogP contribution < -0.4 is 5.32 Å². The van der Waals surface area contributed by atoms with E-state index in [9.17, 15) is 4.79 Å². The van der Waals surface area contributed by atoms with Crippen LogP contribution in [0.1, 0.15) is 32.7 Å². The maximum atomic E-state index is 12.9. The number of aromatic nitrogens is 2. The van der Waals surface area contributed by atoms with Crippen molar-refractivity contribution in [3.8, 4) is 11.3 Å². The number of aromatic amines is 1. The summed E-state index contributed by atoms with van der Waals surface area (Å²) in [6.45, 7) is 1.96. The van der Waals surface area contributed by atoms with Crippen LogP contribution in [-0.2, 0) is 0 Å². The van der Waals surface area contributed by atoms with Crippen molar-refractivity contribution in [2.24, 2.45) is 0 Å². The maximum Gasteiger partial charge on any atom is 0.268 e. The zero-order chi connectivity index (χ0) is 18.8. The van der Waals surface area contributed by atoms with E-state index in [0.717, 1.165) is 27.4 Å². The van der Waals surface area contributed by atoms with E-state index in [-0.39, 0.29) is 11.9 Å². The summed E-state index contributed by atoms with van der Waals surface area (Å²) in [5, 5.41) is 10.8. The van der Waals surface area contributed by atoms with Gasteiger partial charge in [-0.1, -0.05) is 23.7 Å². The molecule has 4 nitrogen and oxygen atoms in total. The third-order valence-corrected chi connectivity index (χ3v) is 5.92. The van der Waals surface area contributed by atoms with Crippen LogP contribution in [0.2, 0.25) is 5.02 Å². The Morgan fingerprint density at radius 1 is 1.19 bits per heavy atom. The topological polar surface area (TPSA) is 57.8 Å². The Balaban J connectivity index is 1.59. The largest absolute Gasteiger partial charge is 0.357 e. The van der Waals surface area contributed by atoms with Gasteiger partial charge in [-0.3, -0.25) is 4.79 Å². The van der Waals surface area contributed by atoms with Crippen LogP contribution in [0, 0.1) is 6.92 Å². The van der Waals surface area contributed by atoms with Crippen LogP contribution in [0.5, 0.6) is 0 Å². The zero-order valence-corrected chi connectivity index (χ0v) is 16.8. The third-order valence-electron chi connectivity index (χ3n) is 4.20. The second-order valence-corrected chi connectivity index (χ2v) is 8.35. The van der Waals surface area contributed by atoms with Crippen LogP contribution >= 0.6 is 34.3 Å². The lowest BCUT2D eigenvalue weighted by atomic mass is 10.0. The van der Waals surface area contributed by atoms with E-state index in [2.05, 4.69) is 15.3 Å². The van der Waals surface area contributed by atoms with E-state index in [1.807, 2.05) is 65.7 Å². The van der Waals surface area contributed by atoms with E-state index < -0.39 is 0 Å². The highest BCUT2D eigenvalue weighted by atomic mass is 35.5. The number of thiazole rings is 1. The molecule has 1 unspecified atom stereocenters. The SMILES string of the molecule is Cc1nc(-c2c[nH]c(C(=O)NC(c3ccc(Cl)cc3)c3ccsc3)c2)cs1. The van der Waals surface area contributed by atoms with Gasteiger partial charge in [-0.2, -0.15) is 11.3 Å². The number of rotatable bonds is 5. The molecule has 0 spiro atoms. The highest BCUT2D eigenvalue weighted by molar-refractivity contribution is 7.09. The summed E-state index contributed by atoms with van der Waals surface area (Å²) >= 11 is 9.20. The van der Waals surface area contributed by atoms with Gasteiger partial charge in [0.1, 0.15) is 5.69 Å². The molecule has 0 fully saturated rings. The number of hydrogen-bond donors (Lipinski definition) is 2. The monoisotopic (exact) mass is 413 g/mol. The summed E-state index contributed by atoms with van der Waals surface area (Å²) in [7, 11) is 0. The Hall–Kier alpha value is -2.41. The Bertz CT molecular complexity index is 1050. The molecule has 0 radical (unpaired) electrons. The molecule has 0 saturated heterocycles. The van der Waals surface area contributed by atoms with Crippen LogP contribution in [0.15, 0.2) is 58.7 Å². The number of halogens is 1. The molecule has 0 bridgehead atoms. The van der Waals surface area contributed by atoms with E-state index in [1.165, 1.54) is 0 Å². The summed E-state index contributed by atoms with van der Waals surface area (Å²) < 4.78 is 0. The zero-order valence-electron chi connectivity index (χ0n) is 14.4. The van der Waals surface area contributed by atoms with Gasteiger partial charge in [-0.25, -0.2) is 4.98 Å². The minimum Gasteiger partial charge on any atom is -0.357 e. The molecule has 0 aliphatic carbocycles. The van der Waals surface area contributed by atoms with Crippen LogP contribution in [0.25, 0.3) is 11.3 Å². The lowest BCUT2D eigenvalue weighted by Crippen LogP contribution is -2.29. The van der Waals surface area contributed by atoms with Crippen LogP contribution in [0.3, 0.4) is 0 Å². The van der Waals surface area contributed by atoms with Gasteiger partial charge >= 0.3 is 0 Å². The molecule has 136 valence electrons. The smallest absolute Gasteiger partial charge is 0.268 e. The number of thiophene rings is 1. The Morgan fingerprint density at radius 2 is 2.00 bits per heavy atom. The molecule has 0 aliphatic heterocycles. The van der Waals surface area contributed by atoms with Crippen molar-refractivity contribution < 1.29 is 4.79 Å². The number of carbonyl (C=O) groups is 1. The highest BCUT2D eigenvalue weighted by Crippen LogP contribution is 2.27. The Labute approximate surface area is 169 Å². The predicted molar refractivity (Wildman–Crippen MR) is 112 cm³/mol. The predicted octanol–water partition coefficient (Wildman–Crippen LogP) is 5.68. The van der Waals surface area contributed by atoms with Crippen LogP contribution in [-0.4, -0.2) is 15.9 Å². The number of nitrogens with zero attached hydrogens (tertiary/aromatic N) is 1. The van der Waals surface area contributed by atoms with Crippen molar-refractivity contribution in [3.05, 3.63) is 85.6 Å². The highest BCUT2D eigenvalue weighted by Gasteiger charge is 2.19. The Morgan fingerprint density at radius 3 is 2.67 bits per heavy atom. The van der Waals surface area contributed by atoms with E-state index in [0.29, 0.717) is 10.7 Å². The van der Waals surface area contributed by atoms with Gasteiger partial charge in [0.05, 0.1) is 16.7 Å². The first-order valence-corrected chi connectivity index (χ1v) is 10.5. The minimum absolute atomic E-state index is 0.167. The van der Waals surface area contributed by atoms with Crippen molar-refractivity contribution in [3.63, 3.8) is 0 Å². The number of carbonyl (C=O) groups excluding carboxylic acids is 1. The molecule has 2 N–H and O–H groups in total. The summed E-state index contributed by atoms with van der Waals surface area (Å²) in [4.78, 5) is 20.4. The molecular weight excluding hydrogens is 398 g/mol. The lowest BCUT2D eigenvalue weighted by Gasteiger charge is -2.18. The molecule has 3 aromatic heterocycles. The summed E-state index contributed by atoms with van der Waals surface area (Å²) in [5.41, 5.74) is 4.30. The van der Waals surface area contributed by atoms with Gasteiger partial charge in [0.15, 0.2) is 0 Å². The normalized spacial score (nSPS) is 12.1. The van der Waals surface area contributed by atoms with E-state index >= 15 is 0 Å². The van der Waals surface area contributed by atoms with Gasteiger partial charge in [-0.05, 0) is 53.1 Å². The molecule has 3 heterocycles. The molecule has 1 atom stereocenters. The molecule has 4 rings (SSSR count). The first-order chi connectivity index (χ1) is 13.1. The fourth-order valence-electron chi connectivity index (χ4n) is 2.83. The van der Waals surface area contributed by atoms with Gasteiger partial charge < -0.3 is 10.3 Å². The van der Waals surface area contributed by atoms with Gasteiger partial charge in [0.2, 0.25) is 0 Å². The van der Waals surface area contributed by atoms with Crippen molar-refractivity contribution in [2.75, 3.05) is 0 Å². The van der Waals surface area contributed by atoms with Crippen molar-refractivity contribution in [2.45, 2.75) is 13.0 Å². The van der Waals surface area contributed by atoms with Gasteiger partial charge in [0, 0.05) is 22.2 Å². The summed E-state index contributed by atoms with van der Waals surface area (Å²) in [6.07, 6.45) is 1.81. The minimum atomic E-state index is -0.241. The quantitative estimate of drug-likeness (QED) is 0.442. The molecule has 1 aromatic carbocycles. The average Bonchev–Trinajstić information content (AvgIpc) is 3.41. The molecule has 0 aliphatic rings. The molecule has 7 heteroatoms. The molecule has 1 amide bonds. The fourth-order valence-corrected chi connectivity index (χ4v) is 4.27. The number of H-pyrrole nitrogens is 1. The second kappa shape index (κ2) is 7.68. The molecule has 4 aromatic rings. The van der Waals surface area contributed by atoms with Gasteiger partial charge in [0.25, 0.3) is 5.91 Å². The number of hydrogen-bond acceptors (Lipinski definition) is 4. The van der Waals surface area contributed by atoms with Gasteiger partial charge in [-0.15, -0.1) is 11.3 Å². The van der Waals surface area contributed by atoms with E-state index in [1.54, 1.807) is 22.7 Å². The maximum absolute atomic E-state index is 12.9. The number of aryl methyl sites for hydroxylation is 1. The number of benzene rings is 1. The van der Waals surface area contributed by atoms with Crippen molar-refractivity contribution in [1.29, 1.82) is 0 Å². The molecule has 0 saturated carbocycles. The summed E-state index contributed by atoms with van der Waals surface area (Å²) in [5.74, 6) is -0.167. The first kappa shape index (κ1) is 18.0. The van der Waals surface area contributed by atoms with Crippen molar-refractivity contribution >= 4 is 40.2 Å². The standard InChI is InChI=1S/C20H16ClN3OS2/c1-12-23-18(11-27-12)15-8-17(22-9-15)20(25)24-19(14-6-7-26-10-14)13-2-4-16(21)5-3-13/h2-11,19,22H,1H3,(H,24,25). The molecule has 27 heavy (non-hydrogen) atoms.